The summed E-state index contributed by atoms with van der Waals surface area (Å²) in [6, 6.07) is 4.13. The van der Waals surface area contributed by atoms with Crippen LogP contribution in [0.3, 0.4) is 0 Å². The van der Waals surface area contributed by atoms with Gasteiger partial charge in [-0.3, -0.25) is 4.79 Å². The molecule has 0 saturated carbocycles. The number of thioether (sulfide) groups is 1. The summed E-state index contributed by atoms with van der Waals surface area (Å²) in [5.41, 5.74) is 0.266. The van der Waals surface area contributed by atoms with Crippen LogP contribution in [-0.4, -0.2) is 39.4 Å². The molecular weight excluding hydrogens is 342 g/mol. The van der Waals surface area contributed by atoms with E-state index in [0.29, 0.717) is 0 Å². The van der Waals surface area contributed by atoms with Gasteiger partial charge in [-0.1, -0.05) is 11.8 Å². The lowest BCUT2D eigenvalue weighted by Gasteiger charge is -2.22. The Kier molecular flexibility index (Phi) is 5.73. The summed E-state index contributed by atoms with van der Waals surface area (Å²) in [6.07, 6.45) is 3.56. The minimum Gasteiger partial charge on any atom is -0.506 e. The van der Waals surface area contributed by atoms with Crippen molar-refractivity contribution in [1.29, 1.82) is 0 Å². The zero-order valence-corrected chi connectivity index (χ0v) is 15.4. The van der Waals surface area contributed by atoms with Crippen molar-refractivity contribution in [2.75, 3.05) is 18.2 Å². The molecule has 0 fully saturated rings. The number of carbonyl (C=O) groups excluding carboxylic acids is 2. The first kappa shape index (κ1) is 18.9. The molecule has 0 radical (unpaired) electrons. The smallest absolute Gasteiger partial charge is 0.337 e. The molecule has 0 saturated heterocycles. The second kappa shape index (κ2) is 7.60. The van der Waals surface area contributed by atoms with Crippen molar-refractivity contribution in [3.8, 4) is 5.75 Å². The molecule has 0 aliphatic rings. The van der Waals surface area contributed by atoms with Crippen molar-refractivity contribution < 1.29 is 19.4 Å². The largest absolute Gasteiger partial charge is 0.506 e. The molecule has 1 aromatic heterocycles. The lowest BCUT2D eigenvalue weighted by molar-refractivity contribution is -0.113. The molecule has 0 bridgehead atoms. The summed E-state index contributed by atoms with van der Waals surface area (Å²) in [4.78, 5) is 28.0. The Morgan fingerprint density at radius 3 is 2.72 bits per heavy atom. The topological polar surface area (TPSA) is 93.4 Å². The standard InChI is InChI=1S/C17H21N3O4S/c1-17(2,3)20-8-7-18-16(20)25-10-14(22)19-12-9-11(15(23)24-4)5-6-13(12)21/h5-9,21H,10H2,1-4H3,(H,19,22). The zero-order valence-electron chi connectivity index (χ0n) is 14.6. The van der Waals surface area contributed by atoms with Gasteiger partial charge in [-0.15, -0.1) is 0 Å². The molecule has 1 aromatic carbocycles. The maximum Gasteiger partial charge on any atom is 0.337 e. The van der Waals surface area contributed by atoms with E-state index in [1.807, 2.05) is 10.8 Å². The van der Waals surface area contributed by atoms with E-state index < -0.39 is 5.97 Å². The van der Waals surface area contributed by atoms with Gasteiger partial charge in [0, 0.05) is 17.9 Å². The fraction of sp³-hybridized carbons (Fsp3) is 0.353. The van der Waals surface area contributed by atoms with Crippen molar-refractivity contribution in [2.45, 2.75) is 31.5 Å². The van der Waals surface area contributed by atoms with Gasteiger partial charge >= 0.3 is 5.97 Å². The minimum absolute atomic E-state index is 0.120. The van der Waals surface area contributed by atoms with Gasteiger partial charge in [-0.25, -0.2) is 9.78 Å². The number of anilines is 1. The Bertz CT molecular complexity index is 780. The average Bonchev–Trinajstić information content (AvgIpc) is 3.03. The first-order valence-corrected chi connectivity index (χ1v) is 8.58. The fourth-order valence-electron chi connectivity index (χ4n) is 2.10. The lowest BCUT2D eigenvalue weighted by Crippen LogP contribution is -2.22. The number of phenols is 1. The van der Waals surface area contributed by atoms with Gasteiger partial charge in [0.1, 0.15) is 5.75 Å². The van der Waals surface area contributed by atoms with E-state index >= 15 is 0 Å². The van der Waals surface area contributed by atoms with E-state index in [1.54, 1.807) is 6.20 Å². The molecule has 0 aliphatic heterocycles. The minimum atomic E-state index is -0.544. The van der Waals surface area contributed by atoms with Gasteiger partial charge in [0.15, 0.2) is 5.16 Å². The number of nitrogens with one attached hydrogen (secondary N) is 1. The Hall–Kier alpha value is -2.48. The number of aromatic hydroxyl groups is 1. The van der Waals surface area contributed by atoms with E-state index in [1.165, 1.54) is 37.1 Å². The van der Waals surface area contributed by atoms with Crippen LogP contribution >= 0.6 is 11.8 Å². The van der Waals surface area contributed by atoms with Gasteiger partial charge < -0.3 is 19.7 Å². The Morgan fingerprint density at radius 1 is 1.36 bits per heavy atom. The van der Waals surface area contributed by atoms with Crippen LogP contribution in [0.4, 0.5) is 5.69 Å². The molecule has 0 spiro atoms. The van der Waals surface area contributed by atoms with E-state index in [4.69, 9.17) is 0 Å². The summed E-state index contributed by atoms with van der Waals surface area (Å²) in [5, 5.41) is 13.2. The first-order valence-electron chi connectivity index (χ1n) is 7.60. The van der Waals surface area contributed by atoms with E-state index in [0.717, 1.165) is 5.16 Å². The molecule has 7 nitrogen and oxygen atoms in total. The number of esters is 1. The van der Waals surface area contributed by atoms with Crippen molar-refractivity contribution in [1.82, 2.24) is 9.55 Å². The molecular formula is C17H21N3O4S. The quantitative estimate of drug-likeness (QED) is 0.482. The van der Waals surface area contributed by atoms with Gasteiger partial charge in [0.2, 0.25) is 5.91 Å². The van der Waals surface area contributed by atoms with Crippen LogP contribution in [0.25, 0.3) is 0 Å². The van der Waals surface area contributed by atoms with Gasteiger partial charge in [0.05, 0.1) is 24.1 Å². The molecule has 8 heteroatoms. The summed E-state index contributed by atoms with van der Waals surface area (Å²) in [7, 11) is 1.27. The molecule has 0 atom stereocenters. The molecule has 1 heterocycles. The van der Waals surface area contributed by atoms with E-state index in [-0.39, 0.29) is 34.2 Å². The highest BCUT2D eigenvalue weighted by molar-refractivity contribution is 7.99. The maximum absolute atomic E-state index is 12.2. The highest BCUT2D eigenvalue weighted by Crippen LogP contribution is 2.26. The molecule has 25 heavy (non-hydrogen) atoms. The van der Waals surface area contributed by atoms with Crippen LogP contribution in [0.5, 0.6) is 5.75 Å². The molecule has 0 aliphatic carbocycles. The third kappa shape index (κ3) is 4.76. The SMILES string of the molecule is COC(=O)c1ccc(O)c(NC(=O)CSc2nccn2C(C)(C)C)c1. The zero-order chi connectivity index (χ0) is 18.6. The van der Waals surface area contributed by atoms with Crippen LogP contribution in [0.2, 0.25) is 0 Å². The average molecular weight is 363 g/mol. The summed E-state index contributed by atoms with van der Waals surface area (Å²) >= 11 is 1.30. The number of methoxy groups -OCH3 is 1. The second-order valence-corrected chi connectivity index (χ2v) is 7.25. The highest BCUT2D eigenvalue weighted by Gasteiger charge is 2.18. The van der Waals surface area contributed by atoms with Crippen molar-refractivity contribution in [3.63, 3.8) is 0 Å². The van der Waals surface area contributed by atoms with E-state index in [9.17, 15) is 14.7 Å². The van der Waals surface area contributed by atoms with Gasteiger partial charge in [-0.05, 0) is 39.0 Å². The molecule has 0 unspecified atom stereocenters. The molecule has 134 valence electrons. The van der Waals surface area contributed by atoms with Crippen LogP contribution < -0.4 is 5.32 Å². The Labute approximate surface area is 150 Å². The molecule has 1 amide bonds. The number of nitrogens with zero attached hydrogens (tertiary/aromatic N) is 2. The predicted molar refractivity (Wildman–Crippen MR) is 96.0 cm³/mol. The van der Waals surface area contributed by atoms with Crippen LogP contribution in [0, 0.1) is 0 Å². The summed E-state index contributed by atoms with van der Waals surface area (Å²) in [5.74, 6) is -0.861. The fourth-order valence-corrected chi connectivity index (χ4v) is 3.05. The number of ether oxygens (including phenoxy) is 1. The first-order chi connectivity index (χ1) is 11.7. The second-order valence-electron chi connectivity index (χ2n) is 6.31. The van der Waals surface area contributed by atoms with Gasteiger partial charge in [0.25, 0.3) is 0 Å². The van der Waals surface area contributed by atoms with Crippen LogP contribution in [0.1, 0.15) is 31.1 Å². The molecule has 2 N–H and O–H groups in total. The number of hydrogen-bond acceptors (Lipinski definition) is 6. The number of phenolic OH excluding ortho intramolecular Hbond substituents is 1. The van der Waals surface area contributed by atoms with Crippen LogP contribution in [0.15, 0.2) is 35.7 Å². The van der Waals surface area contributed by atoms with Crippen molar-refractivity contribution in [3.05, 3.63) is 36.2 Å². The van der Waals surface area contributed by atoms with Crippen molar-refractivity contribution >= 4 is 29.3 Å². The number of imidazole rings is 1. The Morgan fingerprint density at radius 2 is 2.08 bits per heavy atom. The molecule has 2 aromatic rings. The number of benzene rings is 1. The number of carbonyl (C=O) groups is 2. The van der Waals surface area contributed by atoms with Crippen LogP contribution in [-0.2, 0) is 15.1 Å². The summed E-state index contributed by atoms with van der Waals surface area (Å²) < 4.78 is 6.62. The third-order valence-corrected chi connectivity index (χ3v) is 4.32. The number of hydrogen-bond donors (Lipinski definition) is 2. The lowest BCUT2D eigenvalue weighted by atomic mass is 10.1. The maximum atomic E-state index is 12.2. The van der Waals surface area contributed by atoms with Gasteiger partial charge in [-0.2, -0.15) is 0 Å². The number of amides is 1. The highest BCUT2D eigenvalue weighted by atomic mass is 32.2. The third-order valence-electron chi connectivity index (χ3n) is 3.35. The predicted octanol–water partition coefficient (Wildman–Crippen LogP) is 2.86. The van der Waals surface area contributed by atoms with E-state index in [2.05, 4.69) is 35.8 Å². The summed E-state index contributed by atoms with van der Waals surface area (Å²) in [6.45, 7) is 6.15. The number of rotatable bonds is 5. The normalized spacial score (nSPS) is 11.2. The molecule has 2 rings (SSSR count). The monoisotopic (exact) mass is 363 g/mol. The Balaban J connectivity index is 2.04. The number of aromatic nitrogens is 2. The van der Waals surface area contributed by atoms with Crippen molar-refractivity contribution in [2.24, 2.45) is 0 Å².